The maximum Gasteiger partial charge on any atom is 0.251 e. The summed E-state index contributed by atoms with van der Waals surface area (Å²) in [7, 11) is 0. The molecule has 0 saturated heterocycles. The van der Waals surface area contributed by atoms with Crippen molar-refractivity contribution in [1.82, 2.24) is 0 Å². The molecule has 0 aromatic heterocycles. The van der Waals surface area contributed by atoms with Gasteiger partial charge in [-0.2, -0.15) is 0 Å². The number of fused-ring (bicyclic) bond motifs is 8. The van der Waals surface area contributed by atoms with E-state index in [-0.39, 0.29) is 23.1 Å². The van der Waals surface area contributed by atoms with E-state index in [0.29, 0.717) is 0 Å². The molecule has 4 heteroatoms. The van der Waals surface area contributed by atoms with Crippen LogP contribution in [0.15, 0.2) is 156 Å². The molecule has 0 amide bonds. The topological polar surface area (TPSA) is 9.72 Å². The lowest BCUT2D eigenvalue weighted by Crippen LogP contribution is -2.62. The predicted octanol–water partition coefficient (Wildman–Crippen LogP) is 12.7. The van der Waals surface area contributed by atoms with E-state index in [1.807, 2.05) is 0 Å². The van der Waals surface area contributed by atoms with Gasteiger partial charge < -0.3 is 14.7 Å². The van der Waals surface area contributed by atoms with Gasteiger partial charge >= 0.3 is 0 Å². The van der Waals surface area contributed by atoms with Crippen molar-refractivity contribution in [1.29, 1.82) is 0 Å². The Balaban J connectivity index is 1.17. The van der Waals surface area contributed by atoms with Gasteiger partial charge in [0.05, 0.1) is 11.2 Å². The second-order valence-corrected chi connectivity index (χ2v) is 18.4. The average Bonchev–Trinajstić information content (AvgIpc) is 3.43. The number of hydrogen-bond donors (Lipinski definition) is 0. The molecule has 3 nitrogen and oxygen atoms in total. The number of nitrogens with zero attached hydrogens (tertiary/aromatic N) is 3. The molecular weight excluding hydrogens is 677 g/mol. The molecule has 3 aliphatic heterocycles. The van der Waals surface area contributed by atoms with Crippen LogP contribution in [0.5, 0.6) is 0 Å². The summed E-state index contributed by atoms with van der Waals surface area (Å²) in [5.41, 5.74) is 18.0. The first-order chi connectivity index (χ1) is 27.2. The van der Waals surface area contributed by atoms with Crippen molar-refractivity contribution in [3.05, 3.63) is 162 Å². The first kappa shape index (κ1) is 33.8. The molecule has 2 atom stereocenters. The van der Waals surface area contributed by atoms with Gasteiger partial charge in [-0.15, -0.1) is 0 Å². The van der Waals surface area contributed by atoms with Crippen LogP contribution in [0.4, 0.5) is 39.8 Å². The highest BCUT2D eigenvalue weighted by Gasteiger charge is 2.62. The Morgan fingerprint density at radius 1 is 0.679 bits per heavy atom. The summed E-state index contributed by atoms with van der Waals surface area (Å²) in [4.78, 5) is 7.90. The van der Waals surface area contributed by atoms with Crippen molar-refractivity contribution in [2.75, 3.05) is 14.7 Å². The van der Waals surface area contributed by atoms with E-state index in [0.717, 1.165) is 17.8 Å². The summed E-state index contributed by atoms with van der Waals surface area (Å²) in [5, 5.41) is 2.48. The van der Waals surface area contributed by atoms with Gasteiger partial charge in [0.1, 0.15) is 0 Å². The van der Waals surface area contributed by atoms with Crippen LogP contribution in [0, 0.1) is 5.41 Å². The lowest BCUT2D eigenvalue weighted by Gasteiger charge is -2.54. The third-order valence-electron chi connectivity index (χ3n) is 14.5. The van der Waals surface area contributed by atoms with Gasteiger partial charge in [0.15, 0.2) is 0 Å². The Hall–Kier alpha value is -5.48. The largest absolute Gasteiger partial charge is 0.336 e. The Labute approximate surface area is 333 Å². The maximum absolute atomic E-state index is 2.86. The summed E-state index contributed by atoms with van der Waals surface area (Å²) in [6.07, 6.45) is 10.1. The molecule has 1 saturated carbocycles. The third kappa shape index (κ3) is 4.59. The average molecular weight is 728 g/mol. The van der Waals surface area contributed by atoms with Crippen LogP contribution >= 0.6 is 0 Å². The van der Waals surface area contributed by atoms with E-state index in [1.54, 1.807) is 11.3 Å². The minimum Gasteiger partial charge on any atom is -0.336 e. The van der Waals surface area contributed by atoms with Gasteiger partial charge in [0.25, 0.3) is 6.71 Å². The molecule has 2 aliphatic carbocycles. The molecule has 0 radical (unpaired) electrons. The fourth-order valence-corrected chi connectivity index (χ4v) is 11.5. The van der Waals surface area contributed by atoms with Gasteiger partial charge in [-0.25, -0.2) is 0 Å². The summed E-state index contributed by atoms with van der Waals surface area (Å²) in [6, 6.07) is 50.4. The summed E-state index contributed by atoms with van der Waals surface area (Å²) in [5.74, 6) is 0. The van der Waals surface area contributed by atoms with Crippen molar-refractivity contribution in [3.8, 4) is 0 Å². The number of allylic oxidation sites excluding steroid dienone is 2. The van der Waals surface area contributed by atoms with E-state index in [1.165, 1.54) is 93.3 Å². The molecule has 0 spiro atoms. The highest BCUT2D eigenvalue weighted by molar-refractivity contribution is 6.96. The zero-order valence-corrected chi connectivity index (χ0v) is 33.4. The molecule has 0 bridgehead atoms. The molecule has 3 heterocycles. The summed E-state index contributed by atoms with van der Waals surface area (Å²) in [6.45, 7) is 12.3. The number of hydrogen-bond acceptors (Lipinski definition) is 3. The van der Waals surface area contributed by atoms with Crippen LogP contribution in [0.25, 0.3) is 10.8 Å². The second-order valence-electron chi connectivity index (χ2n) is 18.4. The highest BCUT2D eigenvalue weighted by Crippen LogP contribution is 2.64. The van der Waals surface area contributed by atoms with Gasteiger partial charge in [-0.1, -0.05) is 125 Å². The number of anilines is 7. The molecule has 6 aromatic carbocycles. The Bertz CT molecular complexity index is 2630. The van der Waals surface area contributed by atoms with E-state index in [9.17, 15) is 0 Å². The molecule has 2 unspecified atom stereocenters. The molecule has 5 aliphatic rings. The van der Waals surface area contributed by atoms with Crippen molar-refractivity contribution in [3.63, 3.8) is 0 Å². The van der Waals surface area contributed by atoms with Crippen molar-refractivity contribution in [2.24, 2.45) is 5.41 Å². The Morgan fingerprint density at radius 3 is 2.21 bits per heavy atom. The van der Waals surface area contributed by atoms with Crippen molar-refractivity contribution in [2.45, 2.75) is 84.1 Å². The number of rotatable bonds is 4. The van der Waals surface area contributed by atoms with Crippen LogP contribution in [0.2, 0.25) is 0 Å². The van der Waals surface area contributed by atoms with Gasteiger partial charge in [-0.05, 0) is 126 Å². The number of para-hydroxylation sites is 1. The van der Waals surface area contributed by atoms with Crippen LogP contribution in [-0.2, 0) is 5.41 Å². The molecule has 0 N–H and O–H groups in total. The molecule has 6 aromatic rings. The van der Waals surface area contributed by atoms with Gasteiger partial charge in [0.2, 0.25) is 0 Å². The molecular formula is C52H50BN3. The highest BCUT2D eigenvalue weighted by atomic mass is 15.3. The summed E-state index contributed by atoms with van der Waals surface area (Å²) >= 11 is 0. The maximum atomic E-state index is 2.86. The molecule has 11 rings (SSSR count). The first-order valence-electron chi connectivity index (χ1n) is 20.9. The number of benzene rings is 6. The Morgan fingerprint density at radius 2 is 1.39 bits per heavy atom. The second kappa shape index (κ2) is 12.0. The molecule has 276 valence electrons. The summed E-state index contributed by atoms with van der Waals surface area (Å²) < 4.78 is 0. The Kier molecular flexibility index (Phi) is 7.26. The van der Waals surface area contributed by atoms with Crippen LogP contribution < -0.4 is 25.6 Å². The van der Waals surface area contributed by atoms with E-state index in [4.69, 9.17) is 0 Å². The normalized spacial score (nSPS) is 22.0. The lowest BCUT2D eigenvalue weighted by molar-refractivity contribution is 0.147. The zero-order chi connectivity index (χ0) is 38.0. The molecule has 56 heavy (non-hydrogen) atoms. The first-order valence-corrected chi connectivity index (χ1v) is 20.9. The van der Waals surface area contributed by atoms with E-state index < -0.39 is 0 Å². The van der Waals surface area contributed by atoms with Crippen molar-refractivity contribution < 1.29 is 0 Å². The zero-order valence-electron chi connectivity index (χ0n) is 33.4. The van der Waals surface area contributed by atoms with Crippen LogP contribution in [0.3, 0.4) is 0 Å². The van der Waals surface area contributed by atoms with Crippen molar-refractivity contribution >= 4 is 68.2 Å². The lowest BCUT2D eigenvalue weighted by atomic mass is 9.32. The van der Waals surface area contributed by atoms with E-state index in [2.05, 4.69) is 189 Å². The fourth-order valence-electron chi connectivity index (χ4n) is 11.5. The van der Waals surface area contributed by atoms with E-state index >= 15 is 0 Å². The van der Waals surface area contributed by atoms with Gasteiger partial charge in [0, 0.05) is 50.6 Å². The smallest absolute Gasteiger partial charge is 0.251 e. The van der Waals surface area contributed by atoms with Crippen LogP contribution in [-0.4, -0.2) is 12.3 Å². The fraction of sp³-hybridized carbons (Fsp3) is 0.269. The molecule has 1 fully saturated rings. The minimum absolute atomic E-state index is 0.0711. The predicted molar refractivity (Wildman–Crippen MR) is 239 cm³/mol. The third-order valence-corrected chi connectivity index (χ3v) is 14.5. The van der Waals surface area contributed by atoms with Crippen LogP contribution in [0.1, 0.15) is 78.7 Å². The monoisotopic (exact) mass is 727 g/mol. The van der Waals surface area contributed by atoms with Gasteiger partial charge in [-0.3, -0.25) is 0 Å². The quantitative estimate of drug-likeness (QED) is 0.167. The minimum atomic E-state index is 0.0711. The standard InChI is InChI=1S/C52H50BN3/c1-50(2,3)36-26-28-38(29-27-36)54(44-23-13-17-35-16-9-10-20-40(35)44)39-30-31-42-47(34-39)55(37-18-7-6-8-19-37)45-24-15-25-46-48(45)53(42)43-22-14-21-41-49(43)56(46)52(5)33-12-11-32-51(41,52)4/h6-10,13,15-20,22-31,34H,11-12,14,21,32-33H2,1-5H3. The SMILES string of the molecule is CC(C)(C)c1ccc(N(c2ccc3c(c2)N(c2ccccc2)c2cccc4c2B3C2=CCCC3=C2N4C2(C)CCCCC32C)c2cccc3ccccc23)cc1.